The molecule has 0 aliphatic heterocycles. The summed E-state index contributed by atoms with van der Waals surface area (Å²) in [5.41, 5.74) is 0.838. The molecule has 6 heteroatoms. The van der Waals surface area contributed by atoms with Crippen molar-refractivity contribution in [3.8, 4) is 0 Å². The van der Waals surface area contributed by atoms with Crippen LogP contribution in [-0.2, 0) is 15.6 Å². The lowest BCUT2D eigenvalue weighted by Crippen LogP contribution is -2.37. The normalized spacial score (nSPS) is 12.2. The van der Waals surface area contributed by atoms with Gasteiger partial charge in [0.1, 0.15) is 0 Å². The Bertz CT molecular complexity index is 556. The third kappa shape index (κ3) is 9.23. The molecule has 0 aliphatic rings. The Labute approximate surface area is 140 Å². The minimum Gasteiger partial charge on any atom is -0.357 e. The van der Waals surface area contributed by atoms with Crippen molar-refractivity contribution in [3.63, 3.8) is 0 Å². The van der Waals surface area contributed by atoms with Crippen LogP contribution in [0.3, 0.4) is 0 Å². The van der Waals surface area contributed by atoms with E-state index in [1.54, 1.807) is 0 Å². The summed E-state index contributed by atoms with van der Waals surface area (Å²) in [7, 11) is -3.08. The lowest BCUT2D eigenvalue weighted by Gasteiger charge is -2.10. The molecule has 0 fully saturated rings. The molecular weight excluding hydrogens is 310 g/mol. The maximum atomic E-state index is 12.1. The van der Waals surface area contributed by atoms with Gasteiger partial charge in [0.25, 0.3) is 0 Å². The van der Waals surface area contributed by atoms with Crippen molar-refractivity contribution in [2.75, 3.05) is 25.4 Å². The first-order chi connectivity index (χ1) is 11.1. The van der Waals surface area contributed by atoms with Gasteiger partial charge in [-0.2, -0.15) is 0 Å². The first-order valence-corrected chi connectivity index (χ1v) is 10.2. The van der Waals surface area contributed by atoms with Crippen molar-refractivity contribution in [1.82, 2.24) is 10.6 Å². The molecule has 0 saturated carbocycles. The predicted octanol–water partition coefficient (Wildman–Crippen LogP) is 2.35. The second-order valence-corrected chi connectivity index (χ2v) is 7.66. The van der Waals surface area contributed by atoms with Gasteiger partial charge in [-0.25, -0.2) is 8.42 Å². The predicted molar refractivity (Wildman–Crippen MR) is 97.4 cm³/mol. The van der Waals surface area contributed by atoms with Gasteiger partial charge in [0.2, 0.25) is 0 Å². The molecule has 0 saturated heterocycles. The van der Waals surface area contributed by atoms with Crippen molar-refractivity contribution in [2.24, 2.45) is 4.99 Å². The highest BCUT2D eigenvalue weighted by Crippen LogP contribution is 2.07. The fraction of sp³-hybridized carbons (Fsp3) is 0.588. The van der Waals surface area contributed by atoms with E-state index in [2.05, 4.69) is 22.5 Å². The molecule has 1 aromatic rings. The zero-order valence-corrected chi connectivity index (χ0v) is 15.0. The molecule has 2 N–H and O–H groups in total. The van der Waals surface area contributed by atoms with E-state index >= 15 is 0 Å². The molecule has 0 bridgehead atoms. The fourth-order valence-corrected chi connectivity index (χ4v) is 3.51. The monoisotopic (exact) mass is 339 g/mol. The standard InChI is InChI=1S/C17H29N3O2S/c1-3-5-12-19-17(18-4-2)20-13-9-14-23(21,22)15-16-10-7-6-8-11-16/h6-8,10-11H,3-5,9,12-15H2,1-2H3,(H2,18,19,20). The number of unbranched alkanes of at least 4 members (excludes halogenated alkanes) is 1. The van der Waals surface area contributed by atoms with Gasteiger partial charge in [-0.05, 0) is 25.3 Å². The Morgan fingerprint density at radius 1 is 1.09 bits per heavy atom. The van der Waals surface area contributed by atoms with Crippen LogP contribution >= 0.6 is 0 Å². The number of rotatable bonds is 10. The van der Waals surface area contributed by atoms with Crippen LogP contribution in [0.25, 0.3) is 0 Å². The number of guanidine groups is 1. The van der Waals surface area contributed by atoms with Crippen LogP contribution in [0.4, 0.5) is 0 Å². The summed E-state index contributed by atoms with van der Waals surface area (Å²) in [5, 5.41) is 6.42. The Morgan fingerprint density at radius 3 is 2.48 bits per heavy atom. The molecule has 0 heterocycles. The Kier molecular flexibility index (Phi) is 9.36. The maximum Gasteiger partial charge on any atom is 0.191 e. The number of nitrogens with zero attached hydrogens (tertiary/aromatic N) is 1. The highest BCUT2D eigenvalue weighted by atomic mass is 32.2. The van der Waals surface area contributed by atoms with Crippen LogP contribution in [0.5, 0.6) is 0 Å². The van der Waals surface area contributed by atoms with E-state index in [9.17, 15) is 8.42 Å². The summed E-state index contributed by atoms with van der Waals surface area (Å²) in [6.07, 6.45) is 2.76. The number of sulfone groups is 1. The van der Waals surface area contributed by atoms with Gasteiger partial charge in [-0.15, -0.1) is 0 Å². The molecule has 0 radical (unpaired) electrons. The minimum absolute atomic E-state index is 0.104. The Hall–Kier alpha value is -1.56. The molecule has 0 aliphatic carbocycles. The second kappa shape index (κ2) is 11.0. The van der Waals surface area contributed by atoms with E-state index in [-0.39, 0.29) is 11.5 Å². The third-order valence-corrected chi connectivity index (χ3v) is 4.96. The van der Waals surface area contributed by atoms with Crippen molar-refractivity contribution in [3.05, 3.63) is 35.9 Å². The topological polar surface area (TPSA) is 70.6 Å². The van der Waals surface area contributed by atoms with E-state index < -0.39 is 9.84 Å². The Balaban J connectivity index is 2.39. The van der Waals surface area contributed by atoms with E-state index in [4.69, 9.17) is 0 Å². The summed E-state index contributed by atoms with van der Waals surface area (Å²) in [6.45, 7) is 6.35. The van der Waals surface area contributed by atoms with Gasteiger partial charge in [0.05, 0.1) is 11.5 Å². The summed E-state index contributed by atoms with van der Waals surface area (Å²) in [5.74, 6) is 1.04. The zero-order valence-electron chi connectivity index (χ0n) is 14.2. The average molecular weight is 340 g/mol. The van der Waals surface area contributed by atoms with Crippen LogP contribution in [0, 0.1) is 0 Å². The van der Waals surface area contributed by atoms with Gasteiger partial charge in [0.15, 0.2) is 15.8 Å². The fourth-order valence-electron chi connectivity index (χ4n) is 2.10. The molecule has 5 nitrogen and oxygen atoms in total. The van der Waals surface area contributed by atoms with Gasteiger partial charge < -0.3 is 10.6 Å². The van der Waals surface area contributed by atoms with E-state index in [0.29, 0.717) is 13.0 Å². The van der Waals surface area contributed by atoms with Gasteiger partial charge in [-0.1, -0.05) is 43.7 Å². The molecule has 0 aromatic heterocycles. The number of aliphatic imine (C=N–C) groups is 1. The molecule has 0 atom stereocenters. The summed E-state index contributed by atoms with van der Waals surface area (Å²) in [4.78, 5) is 4.43. The number of hydrogen-bond donors (Lipinski definition) is 2. The smallest absolute Gasteiger partial charge is 0.191 e. The van der Waals surface area contributed by atoms with E-state index in [0.717, 1.165) is 37.5 Å². The Morgan fingerprint density at radius 2 is 1.83 bits per heavy atom. The lowest BCUT2D eigenvalue weighted by molar-refractivity contribution is 0.592. The first kappa shape index (κ1) is 19.5. The molecule has 1 rings (SSSR count). The molecule has 130 valence electrons. The first-order valence-electron chi connectivity index (χ1n) is 8.34. The van der Waals surface area contributed by atoms with E-state index in [1.807, 2.05) is 37.3 Å². The highest BCUT2D eigenvalue weighted by Gasteiger charge is 2.11. The van der Waals surface area contributed by atoms with Crippen LogP contribution in [0.1, 0.15) is 38.7 Å². The van der Waals surface area contributed by atoms with Gasteiger partial charge in [-0.3, -0.25) is 4.99 Å². The molecule has 0 unspecified atom stereocenters. The number of benzene rings is 1. The molecule has 0 amide bonds. The quantitative estimate of drug-likeness (QED) is 0.390. The summed E-state index contributed by atoms with van der Waals surface area (Å²) >= 11 is 0. The molecule has 23 heavy (non-hydrogen) atoms. The van der Waals surface area contributed by atoms with Crippen molar-refractivity contribution in [2.45, 2.75) is 38.9 Å². The largest absolute Gasteiger partial charge is 0.357 e. The van der Waals surface area contributed by atoms with Crippen LogP contribution in [-0.4, -0.2) is 39.8 Å². The van der Waals surface area contributed by atoms with Gasteiger partial charge in [0, 0.05) is 19.6 Å². The lowest BCUT2D eigenvalue weighted by atomic mass is 10.2. The molecular formula is C17H29N3O2S. The average Bonchev–Trinajstić information content (AvgIpc) is 2.52. The second-order valence-electron chi connectivity index (χ2n) is 5.47. The van der Waals surface area contributed by atoms with Crippen molar-refractivity contribution < 1.29 is 8.42 Å². The number of hydrogen-bond acceptors (Lipinski definition) is 3. The molecule has 1 aromatic carbocycles. The van der Waals surface area contributed by atoms with Crippen molar-refractivity contribution >= 4 is 15.8 Å². The van der Waals surface area contributed by atoms with Gasteiger partial charge >= 0.3 is 0 Å². The highest BCUT2D eigenvalue weighted by molar-refractivity contribution is 7.90. The van der Waals surface area contributed by atoms with Crippen molar-refractivity contribution in [1.29, 1.82) is 0 Å². The molecule has 0 spiro atoms. The van der Waals surface area contributed by atoms with Crippen LogP contribution in [0.15, 0.2) is 35.3 Å². The third-order valence-electron chi connectivity index (χ3n) is 3.28. The number of nitrogens with one attached hydrogen (secondary N) is 2. The summed E-state index contributed by atoms with van der Waals surface area (Å²) < 4.78 is 24.2. The van der Waals surface area contributed by atoms with Crippen LogP contribution in [0.2, 0.25) is 0 Å². The zero-order chi connectivity index (χ0) is 17.0. The maximum absolute atomic E-state index is 12.1. The minimum atomic E-state index is -3.08. The van der Waals surface area contributed by atoms with Crippen LogP contribution < -0.4 is 10.6 Å². The SMILES string of the molecule is CCCCNC(=NCCCS(=O)(=O)Cc1ccccc1)NCC. The summed E-state index contributed by atoms with van der Waals surface area (Å²) in [6, 6.07) is 9.30. The van der Waals surface area contributed by atoms with E-state index in [1.165, 1.54) is 0 Å².